The van der Waals surface area contributed by atoms with Crippen LogP contribution in [0.5, 0.6) is 0 Å². The van der Waals surface area contributed by atoms with Crippen LogP contribution in [0.3, 0.4) is 0 Å². The first-order valence-electron chi connectivity index (χ1n) is 5.16. The predicted octanol–water partition coefficient (Wildman–Crippen LogP) is 2.52. The van der Waals surface area contributed by atoms with E-state index in [0.717, 1.165) is 10.5 Å². The minimum Gasteiger partial charge on any atom is -0.228 e. The summed E-state index contributed by atoms with van der Waals surface area (Å²) >= 11 is 1.60. The van der Waals surface area contributed by atoms with E-state index in [4.69, 9.17) is 0 Å². The van der Waals surface area contributed by atoms with Crippen molar-refractivity contribution in [2.24, 2.45) is 0 Å². The van der Waals surface area contributed by atoms with E-state index in [9.17, 15) is 8.42 Å². The minimum atomic E-state index is -2.92. The van der Waals surface area contributed by atoms with Gasteiger partial charge in [-0.05, 0) is 19.1 Å². The third kappa shape index (κ3) is 2.50. The Bertz CT molecular complexity index is 489. The Morgan fingerprint density at radius 3 is 2.56 bits per heavy atom. The number of rotatable bonds is 3. The topological polar surface area (TPSA) is 34.1 Å². The predicted molar refractivity (Wildman–Crippen MR) is 68.5 cm³/mol. The van der Waals surface area contributed by atoms with Crippen molar-refractivity contribution in [2.75, 3.05) is 11.5 Å². The van der Waals surface area contributed by atoms with Gasteiger partial charge in [-0.15, -0.1) is 11.8 Å². The number of thioether (sulfide) groups is 1. The molecule has 2 rings (SSSR count). The van der Waals surface area contributed by atoms with Crippen molar-refractivity contribution >= 4 is 21.6 Å². The highest BCUT2D eigenvalue weighted by Crippen LogP contribution is 2.27. The smallest absolute Gasteiger partial charge is 0.161 e. The second kappa shape index (κ2) is 4.63. The van der Waals surface area contributed by atoms with Crippen molar-refractivity contribution < 1.29 is 8.42 Å². The highest BCUT2D eigenvalue weighted by molar-refractivity contribution is 8.01. The first-order chi connectivity index (χ1) is 7.59. The van der Waals surface area contributed by atoms with Crippen LogP contribution < -0.4 is 0 Å². The molecule has 1 aromatic carbocycles. The highest BCUT2D eigenvalue weighted by Gasteiger charge is 2.31. The lowest BCUT2D eigenvalue weighted by Crippen LogP contribution is -2.21. The molecule has 0 N–H and O–H groups in total. The van der Waals surface area contributed by atoms with Gasteiger partial charge in [-0.3, -0.25) is 0 Å². The average molecular weight is 254 g/mol. The number of hydrogen-bond acceptors (Lipinski definition) is 3. The molecular weight excluding hydrogens is 240 g/mol. The molecule has 0 saturated heterocycles. The zero-order valence-electron chi connectivity index (χ0n) is 9.09. The van der Waals surface area contributed by atoms with Crippen LogP contribution in [0.15, 0.2) is 46.9 Å². The first-order valence-corrected chi connectivity index (χ1v) is 7.86. The quantitative estimate of drug-likeness (QED) is 0.614. The summed E-state index contributed by atoms with van der Waals surface area (Å²) in [6.45, 7) is 1.90. The summed E-state index contributed by atoms with van der Waals surface area (Å²) in [5.74, 6) is 0.827. The van der Waals surface area contributed by atoms with E-state index >= 15 is 0 Å². The zero-order valence-corrected chi connectivity index (χ0v) is 10.7. The molecule has 16 heavy (non-hydrogen) atoms. The van der Waals surface area contributed by atoms with Gasteiger partial charge in [0.15, 0.2) is 9.84 Å². The van der Waals surface area contributed by atoms with Crippen LogP contribution in [0.25, 0.3) is 0 Å². The first kappa shape index (κ1) is 11.7. The van der Waals surface area contributed by atoms with Crippen LogP contribution in [0, 0.1) is 0 Å². The molecule has 1 aromatic rings. The zero-order chi connectivity index (χ0) is 11.6. The Kier molecular flexibility index (Phi) is 3.40. The molecule has 86 valence electrons. The van der Waals surface area contributed by atoms with Gasteiger partial charge in [0.25, 0.3) is 0 Å². The fraction of sp³-hybridized carbons (Fsp3) is 0.333. The Morgan fingerprint density at radius 1 is 1.31 bits per heavy atom. The molecule has 0 radical (unpaired) electrons. The molecule has 1 aliphatic rings. The second-order valence-corrected chi connectivity index (χ2v) is 7.21. The minimum absolute atomic E-state index is 0.207. The largest absolute Gasteiger partial charge is 0.228 e. The van der Waals surface area contributed by atoms with Crippen molar-refractivity contribution in [2.45, 2.75) is 17.1 Å². The Balaban J connectivity index is 2.04. The van der Waals surface area contributed by atoms with Crippen molar-refractivity contribution in [3.8, 4) is 0 Å². The molecule has 0 aliphatic carbocycles. The van der Waals surface area contributed by atoms with Gasteiger partial charge in [0.05, 0.1) is 11.0 Å². The Hall–Kier alpha value is -0.740. The van der Waals surface area contributed by atoms with E-state index in [2.05, 4.69) is 0 Å². The molecule has 1 unspecified atom stereocenters. The molecule has 4 heteroatoms. The molecule has 1 heterocycles. The number of hydrogen-bond donors (Lipinski definition) is 0. The molecule has 0 bridgehead atoms. The number of benzene rings is 1. The van der Waals surface area contributed by atoms with E-state index in [-0.39, 0.29) is 11.0 Å². The lowest BCUT2D eigenvalue weighted by molar-refractivity contribution is 0.596. The Labute approximate surface area is 101 Å². The average Bonchev–Trinajstić information content (AvgIpc) is 2.52. The second-order valence-electron chi connectivity index (χ2n) is 3.89. The third-order valence-corrected chi connectivity index (χ3v) is 6.08. The maximum absolute atomic E-state index is 11.7. The molecule has 1 aliphatic heterocycles. The summed E-state index contributed by atoms with van der Waals surface area (Å²) in [7, 11) is -2.92. The van der Waals surface area contributed by atoms with E-state index < -0.39 is 9.84 Å². The fourth-order valence-corrected chi connectivity index (χ4v) is 5.08. The molecule has 2 nitrogen and oxygen atoms in total. The Morgan fingerprint density at radius 2 is 2.00 bits per heavy atom. The molecule has 0 saturated carbocycles. The lowest BCUT2D eigenvalue weighted by atomic mass is 10.2. The molecule has 0 amide bonds. The standard InChI is InChI=1S/C12H14O2S2/c1-10-7-8-16(13,14)12(10)9-15-11-5-3-2-4-6-11/h2-7,12H,8-9H2,1H3. The summed E-state index contributed by atoms with van der Waals surface area (Å²) in [4.78, 5) is 1.12. The summed E-state index contributed by atoms with van der Waals surface area (Å²) < 4.78 is 23.5. The van der Waals surface area contributed by atoms with Gasteiger partial charge in [0.1, 0.15) is 0 Å². The maximum Gasteiger partial charge on any atom is 0.161 e. The van der Waals surface area contributed by atoms with Gasteiger partial charge in [0.2, 0.25) is 0 Å². The summed E-state index contributed by atoms with van der Waals surface area (Å²) in [5, 5.41) is -0.294. The van der Waals surface area contributed by atoms with Gasteiger partial charge in [0, 0.05) is 10.6 Å². The normalized spacial score (nSPS) is 23.1. The SMILES string of the molecule is CC1=CCS(=O)(=O)C1CSc1ccccc1. The monoisotopic (exact) mass is 254 g/mol. The summed E-state index contributed by atoms with van der Waals surface area (Å²) in [5.41, 5.74) is 0.989. The van der Waals surface area contributed by atoms with Gasteiger partial charge in [-0.1, -0.05) is 29.8 Å². The maximum atomic E-state index is 11.7. The van der Waals surface area contributed by atoms with Gasteiger partial charge < -0.3 is 0 Å². The van der Waals surface area contributed by atoms with Gasteiger partial charge in [-0.25, -0.2) is 8.42 Å². The van der Waals surface area contributed by atoms with Crippen LogP contribution in [-0.4, -0.2) is 25.2 Å². The van der Waals surface area contributed by atoms with E-state index in [1.807, 2.05) is 43.3 Å². The number of sulfone groups is 1. The fourth-order valence-electron chi connectivity index (χ4n) is 1.70. The summed E-state index contributed by atoms with van der Waals surface area (Å²) in [6, 6.07) is 9.90. The van der Waals surface area contributed by atoms with Gasteiger partial charge >= 0.3 is 0 Å². The van der Waals surface area contributed by atoms with Gasteiger partial charge in [-0.2, -0.15) is 0 Å². The molecular formula is C12H14O2S2. The van der Waals surface area contributed by atoms with E-state index in [1.165, 1.54) is 0 Å². The van der Waals surface area contributed by atoms with Crippen molar-refractivity contribution in [3.05, 3.63) is 42.0 Å². The van der Waals surface area contributed by atoms with Crippen molar-refractivity contribution in [1.82, 2.24) is 0 Å². The van der Waals surface area contributed by atoms with Crippen molar-refractivity contribution in [1.29, 1.82) is 0 Å². The molecule has 1 atom stereocenters. The van der Waals surface area contributed by atoms with Crippen LogP contribution in [0.1, 0.15) is 6.92 Å². The lowest BCUT2D eigenvalue weighted by Gasteiger charge is -2.11. The van der Waals surface area contributed by atoms with E-state index in [1.54, 1.807) is 11.8 Å². The molecule has 0 spiro atoms. The van der Waals surface area contributed by atoms with Crippen LogP contribution >= 0.6 is 11.8 Å². The van der Waals surface area contributed by atoms with Crippen LogP contribution in [0.2, 0.25) is 0 Å². The van der Waals surface area contributed by atoms with Crippen LogP contribution in [0.4, 0.5) is 0 Å². The molecule has 0 fully saturated rings. The molecule has 0 aromatic heterocycles. The van der Waals surface area contributed by atoms with E-state index in [0.29, 0.717) is 5.75 Å². The van der Waals surface area contributed by atoms with Crippen LogP contribution in [-0.2, 0) is 9.84 Å². The summed E-state index contributed by atoms with van der Waals surface area (Å²) in [6.07, 6.45) is 1.82. The third-order valence-electron chi connectivity index (χ3n) is 2.72. The van der Waals surface area contributed by atoms with Crippen molar-refractivity contribution in [3.63, 3.8) is 0 Å². The highest BCUT2D eigenvalue weighted by atomic mass is 32.2.